The van der Waals surface area contributed by atoms with Crippen molar-refractivity contribution in [3.8, 4) is 11.4 Å². The smallest absolute Gasteiger partial charge is 0.265 e. The lowest BCUT2D eigenvalue weighted by Crippen LogP contribution is -2.15. The number of nitrogens with zero attached hydrogens (tertiary/aromatic N) is 2. The minimum atomic E-state index is -3.84. The van der Waals surface area contributed by atoms with Crippen LogP contribution >= 0.6 is 0 Å². The zero-order valence-corrected chi connectivity index (χ0v) is 15.3. The van der Waals surface area contributed by atoms with Crippen molar-refractivity contribution >= 4 is 15.7 Å². The Hall–Kier alpha value is -2.87. The molecular formula is C18H18FN3O3S. The molecule has 0 spiro atoms. The summed E-state index contributed by atoms with van der Waals surface area (Å²) in [6, 6.07) is 12.3. The van der Waals surface area contributed by atoms with Gasteiger partial charge in [0, 0.05) is 5.69 Å². The monoisotopic (exact) mass is 375 g/mol. The Morgan fingerprint density at radius 2 is 1.65 bits per heavy atom. The fourth-order valence-electron chi connectivity index (χ4n) is 2.72. The lowest BCUT2D eigenvalue weighted by atomic mass is 10.3. The summed E-state index contributed by atoms with van der Waals surface area (Å²) in [7, 11) is -2.30. The fraction of sp³-hybridized carbons (Fsp3) is 0.167. The van der Waals surface area contributed by atoms with Crippen LogP contribution in [0.1, 0.15) is 11.4 Å². The molecule has 0 saturated carbocycles. The number of ether oxygens (including phenoxy) is 1. The molecule has 0 radical (unpaired) electrons. The third-order valence-corrected chi connectivity index (χ3v) is 5.54. The van der Waals surface area contributed by atoms with Crippen LogP contribution in [-0.2, 0) is 10.0 Å². The van der Waals surface area contributed by atoms with Gasteiger partial charge in [0.05, 0.1) is 24.2 Å². The predicted molar refractivity (Wildman–Crippen MR) is 96.8 cm³/mol. The molecule has 136 valence electrons. The summed E-state index contributed by atoms with van der Waals surface area (Å²) in [5, 5.41) is 4.30. The van der Waals surface area contributed by atoms with Crippen molar-refractivity contribution in [2.24, 2.45) is 0 Å². The van der Waals surface area contributed by atoms with Gasteiger partial charge in [-0.05, 0) is 62.4 Å². The van der Waals surface area contributed by atoms with Gasteiger partial charge < -0.3 is 4.74 Å². The van der Waals surface area contributed by atoms with Crippen LogP contribution in [0.3, 0.4) is 0 Å². The number of methoxy groups -OCH3 is 1. The van der Waals surface area contributed by atoms with E-state index >= 15 is 0 Å². The Bertz CT molecular complexity index is 1030. The van der Waals surface area contributed by atoms with Crippen molar-refractivity contribution in [1.29, 1.82) is 0 Å². The van der Waals surface area contributed by atoms with Gasteiger partial charge in [0.15, 0.2) is 0 Å². The summed E-state index contributed by atoms with van der Waals surface area (Å²) >= 11 is 0. The Labute approximate surface area is 151 Å². The van der Waals surface area contributed by atoms with Gasteiger partial charge in [-0.2, -0.15) is 5.10 Å². The number of sulfonamides is 1. The summed E-state index contributed by atoms with van der Waals surface area (Å²) < 4.78 is 47.9. The molecule has 0 saturated heterocycles. The molecule has 0 aliphatic rings. The third-order valence-electron chi connectivity index (χ3n) is 3.91. The van der Waals surface area contributed by atoms with Gasteiger partial charge in [-0.15, -0.1) is 0 Å². The first-order valence-corrected chi connectivity index (χ1v) is 9.29. The highest BCUT2D eigenvalue weighted by Gasteiger charge is 2.25. The molecule has 3 rings (SSSR count). The average Bonchev–Trinajstić information content (AvgIpc) is 2.91. The molecule has 0 aliphatic heterocycles. The maximum atomic E-state index is 13.1. The van der Waals surface area contributed by atoms with Gasteiger partial charge in [-0.1, -0.05) is 0 Å². The Balaban J connectivity index is 1.98. The highest BCUT2D eigenvalue weighted by molar-refractivity contribution is 7.92. The second-order valence-electron chi connectivity index (χ2n) is 5.72. The van der Waals surface area contributed by atoms with E-state index < -0.39 is 10.0 Å². The zero-order valence-electron chi connectivity index (χ0n) is 14.5. The number of hydrogen-bond donors (Lipinski definition) is 1. The van der Waals surface area contributed by atoms with Crippen LogP contribution in [0, 0.1) is 19.7 Å². The molecule has 0 unspecified atom stereocenters. The number of hydrogen-bond acceptors (Lipinski definition) is 4. The number of aromatic nitrogens is 2. The summed E-state index contributed by atoms with van der Waals surface area (Å²) in [5.41, 5.74) is 1.79. The molecule has 2 aromatic carbocycles. The predicted octanol–water partition coefficient (Wildman–Crippen LogP) is 3.44. The van der Waals surface area contributed by atoms with E-state index in [1.807, 2.05) is 0 Å². The first-order chi connectivity index (χ1) is 12.3. The molecule has 0 bridgehead atoms. The van der Waals surface area contributed by atoms with Gasteiger partial charge >= 0.3 is 0 Å². The molecule has 0 fully saturated rings. The highest BCUT2D eigenvalue weighted by atomic mass is 32.2. The molecule has 3 aromatic rings. The largest absolute Gasteiger partial charge is 0.497 e. The molecule has 8 heteroatoms. The maximum Gasteiger partial charge on any atom is 0.265 e. The number of nitrogens with one attached hydrogen (secondary N) is 1. The molecule has 1 N–H and O–H groups in total. The van der Waals surface area contributed by atoms with Gasteiger partial charge in [0.25, 0.3) is 10.0 Å². The lowest BCUT2D eigenvalue weighted by Gasteiger charge is -2.10. The molecule has 0 atom stereocenters. The van der Waals surface area contributed by atoms with Crippen LogP contribution in [0.4, 0.5) is 10.1 Å². The Kier molecular flexibility index (Phi) is 4.69. The van der Waals surface area contributed by atoms with Gasteiger partial charge in [-0.25, -0.2) is 17.5 Å². The zero-order chi connectivity index (χ0) is 18.9. The SMILES string of the molecule is COc1ccc(NS(=O)(=O)c2c(C)nn(-c3ccc(F)cc3)c2C)cc1. The number of benzene rings is 2. The Morgan fingerprint density at radius 1 is 1.04 bits per heavy atom. The molecule has 1 heterocycles. The second kappa shape index (κ2) is 6.80. The Morgan fingerprint density at radius 3 is 2.23 bits per heavy atom. The minimum absolute atomic E-state index is 0.0950. The minimum Gasteiger partial charge on any atom is -0.497 e. The summed E-state index contributed by atoms with van der Waals surface area (Å²) in [5.74, 6) is 0.258. The van der Waals surface area contributed by atoms with Crippen LogP contribution in [0.15, 0.2) is 53.4 Å². The lowest BCUT2D eigenvalue weighted by molar-refractivity contribution is 0.415. The summed E-state index contributed by atoms with van der Waals surface area (Å²) in [6.45, 7) is 3.28. The van der Waals surface area contributed by atoms with E-state index in [4.69, 9.17) is 4.74 Å². The third kappa shape index (κ3) is 3.41. The number of anilines is 1. The highest BCUT2D eigenvalue weighted by Crippen LogP contribution is 2.25. The van der Waals surface area contributed by atoms with Crippen molar-refractivity contribution in [2.75, 3.05) is 11.8 Å². The van der Waals surface area contributed by atoms with Gasteiger partial charge in [-0.3, -0.25) is 4.72 Å². The van der Waals surface area contributed by atoms with Crippen LogP contribution in [0.25, 0.3) is 5.69 Å². The van der Waals surface area contributed by atoms with Gasteiger partial charge in [0.2, 0.25) is 0 Å². The van der Waals surface area contributed by atoms with Crippen molar-refractivity contribution in [3.63, 3.8) is 0 Å². The summed E-state index contributed by atoms with van der Waals surface area (Å²) in [4.78, 5) is 0.0950. The maximum absolute atomic E-state index is 13.1. The molecular weight excluding hydrogens is 357 g/mol. The quantitative estimate of drug-likeness (QED) is 0.741. The second-order valence-corrected chi connectivity index (χ2v) is 7.34. The molecule has 6 nitrogen and oxygen atoms in total. The molecule has 0 aliphatic carbocycles. The van der Waals surface area contributed by atoms with E-state index in [1.54, 1.807) is 50.2 Å². The van der Waals surface area contributed by atoms with E-state index in [0.29, 0.717) is 28.5 Å². The average molecular weight is 375 g/mol. The van der Waals surface area contributed by atoms with E-state index in [-0.39, 0.29) is 10.7 Å². The standard InChI is InChI=1S/C18H18FN3O3S/c1-12-18(13(2)22(20-12)16-8-4-14(19)5-9-16)26(23,24)21-15-6-10-17(25-3)11-7-15/h4-11,21H,1-3H3. The van der Waals surface area contributed by atoms with Crippen molar-refractivity contribution in [2.45, 2.75) is 18.7 Å². The first kappa shape index (κ1) is 17.9. The van der Waals surface area contributed by atoms with Crippen molar-refractivity contribution in [3.05, 3.63) is 65.7 Å². The van der Waals surface area contributed by atoms with Crippen LogP contribution in [-0.4, -0.2) is 25.3 Å². The molecule has 0 amide bonds. The first-order valence-electron chi connectivity index (χ1n) is 7.81. The van der Waals surface area contributed by atoms with Crippen LogP contribution in [0.2, 0.25) is 0 Å². The topological polar surface area (TPSA) is 73.2 Å². The normalized spacial score (nSPS) is 11.4. The summed E-state index contributed by atoms with van der Waals surface area (Å²) in [6.07, 6.45) is 0. The number of aryl methyl sites for hydroxylation is 1. The number of rotatable bonds is 5. The van der Waals surface area contributed by atoms with Crippen LogP contribution < -0.4 is 9.46 Å². The van der Waals surface area contributed by atoms with Crippen molar-refractivity contribution in [1.82, 2.24) is 9.78 Å². The molecule has 1 aromatic heterocycles. The van der Waals surface area contributed by atoms with Crippen molar-refractivity contribution < 1.29 is 17.5 Å². The molecule has 26 heavy (non-hydrogen) atoms. The number of halogens is 1. The fourth-order valence-corrected chi connectivity index (χ4v) is 4.17. The van der Waals surface area contributed by atoms with E-state index in [0.717, 1.165) is 0 Å². The van der Waals surface area contributed by atoms with E-state index in [1.165, 1.54) is 23.9 Å². The van der Waals surface area contributed by atoms with E-state index in [9.17, 15) is 12.8 Å². The van der Waals surface area contributed by atoms with E-state index in [2.05, 4.69) is 9.82 Å². The van der Waals surface area contributed by atoms with Gasteiger partial charge in [0.1, 0.15) is 16.5 Å². The van der Waals surface area contributed by atoms with Crippen LogP contribution in [0.5, 0.6) is 5.75 Å².